The van der Waals surface area contributed by atoms with E-state index < -0.39 is 0 Å². The lowest BCUT2D eigenvalue weighted by Crippen LogP contribution is -2.27. The van der Waals surface area contributed by atoms with Gasteiger partial charge in [-0.1, -0.05) is 32.9 Å². The van der Waals surface area contributed by atoms with Gasteiger partial charge in [0.25, 0.3) is 0 Å². The molecule has 1 heterocycles. The van der Waals surface area contributed by atoms with E-state index in [0.717, 1.165) is 25.2 Å². The second kappa shape index (κ2) is 7.89. The smallest absolute Gasteiger partial charge is 0.222 e. The lowest BCUT2D eigenvalue weighted by molar-refractivity contribution is -0.124. The Morgan fingerprint density at radius 1 is 1.37 bits per heavy atom. The number of carbonyl (C=O) groups excluding carboxylic acids is 1. The Morgan fingerprint density at radius 2 is 2.11 bits per heavy atom. The first-order chi connectivity index (χ1) is 8.99. The number of hydrogen-bond acceptors (Lipinski definition) is 4. The van der Waals surface area contributed by atoms with Crippen molar-refractivity contribution in [1.29, 1.82) is 0 Å². The van der Waals surface area contributed by atoms with Gasteiger partial charge in [-0.3, -0.25) is 9.48 Å². The molecule has 0 aliphatic carbocycles. The fourth-order valence-corrected chi connectivity index (χ4v) is 1.54. The average Bonchev–Trinajstić information content (AvgIpc) is 2.79. The van der Waals surface area contributed by atoms with Crippen LogP contribution in [-0.4, -0.2) is 33.5 Å². The summed E-state index contributed by atoms with van der Waals surface area (Å²) < 4.78 is 1.82. The minimum absolute atomic E-state index is 0.00264. The molecule has 0 unspecified atom stereocenters. The number of amides is 1. The highest BCUT2D eigenvalue weighted by Crippen LogP contribution is 1.97. The third-order valence-corrected chi connectivity index (χ3v) is 2.67. The molecule has 0 aliphatic rings. The van der Waals surface area contributed by atoms with Crippen molar-refractivity contribution < 1.29 is 4.79 Å². The Hall–Kier alpha value is -1.43. The first kappa shape index (κ1) is 15.6. The quantitative estimate of drug-likeness (QED) is 0.688. The fourth-order valence-electron chi connectivity index (χ4n) is 1.54. The van der Waals surface area contributed by atoms with Crippen LogP contribution in [0.3, 0.4) is 0 Å². The van der Waals surface area contributed by atoms with E-state index in [4.69, 9.17) is 0 Å². The zero-order chi connectivity index (χ0) is 14.3. The van der Waals surface area contributed by atoms with Crippen LogP contribution in [0.1, 0.15) is 39.8 Å². The molecule has 19 heavy (non-hydrogen) atoms. The highest BCUT2D eigenvalue weighted by atomic mass is 16.1. The van der Waals surface area contributed by atoms with Crippen molar-refractivity contribution >= 4 is 5.91 Å². The third-order valence-electron chi connectivity index (χ3n) is 2.67. The van der Waals surface area contributed by atoms with E-state index in [1.165, 1.54) is 0 Å². The van der Waals surface area contributed by atoms with Crippen LogP contribution in [0.25, 0.3) is 0 Å². The van der Waals surface area contributed by atoms with Gasteiger partial charge in [-0.2, -0.15) is 0 Å². The number of aryl methyl sites for hydroxylation is 1. The lowest BCUT2D eigenvalue weighted by Gasteiger charge is -2.07. The van der Waals surface area contributed by atoms with Gasteiger partial charge in [-0.25, -0.2) is 0 Å². The monoisotopic (exact) mass is 267 g/mol. The molecule has 0 atom stereocenters. The molecule has 0 bridgehead atoms. The van der Waals surface area contributed by atoms with E-state index in [9.17, 15) is 4.79 Å². The van der Waals surface area contributed by atoms with Crippen LogP contribution in [0.4, 0.5) is 0 Å². The Kier molecular flexibility index (Phi) is 6.49. The zero-order valence-electron chi connectivity index (χ0n) is 12.3. The van der Waals surface area contributed by atoms with Crippen molar-refractivity contribution in [2.45, 2.75) is 53.2 Å². The molecule has 0 aliphatic heterocycles. The normalized spacial score (nSPS) is 11.3. The van der Waals surface area contributed by atoms with Gasteiger partial charge >= 0.3 is 0 Å². The summed E-state index contributed by atoms with van der Waals surface area (Å²) in [6.07, 6.45) is 2.90. The Morgan fingerprint density at radius 3 is 2.74 bits per heavy atom. The molecule has 6 nitrogen and oxygen atoms in total. The van der Waals surface area contributed by atoms with Crippen molar-refractivity contribution in [3.05, 3.63) is 11.9 Å². The van der Waals surface area contributed by atoms with Gasteiger partial charge in [0.2, 0.25) is 5.91 Å². The molecule has 108 valence electrons. The Labute approximate surface area is 115 Å². The zero-order valence-corrected chi connectivity index (χ0v) is 12.3. The van der Waals surface area contributed by atoms with Gasteiger partial charge in [-0.15, -0.1) is 5.10 Å². The highest BCUT2D eigenvalue weighted by molar-refractivity contribution is 5.77. The Bertz CT molecular complexity index is 386. The predicted octanol–water partition coefficient (Wildman–Crippen LogP) is 0.938. The second-order valence-corrected chi connectivity index (χ2v) is 5.31. The van der Waals surface area contributed by atoms with E-state index in [-0.39, 0.29) is 11.8 Å². The van der Waals surface area contributed by atoms with Crippen LogP contribution in [0.2, 0.25) is 0 Å². The van der Waals surface area contributed by atoms with Crippen LogP contribution in [0.15, 0.2) is 6.20 Å². The van der Waals surface area contributed by atoms with Gasteiger partial charge in [0.1, 0.15) is 5.69 Å². The fraction of sp³-hybridized carbons (Fsp3) is 0.769. The van der Waals surface area contributed by atoms with Crippen molar-refractivity contribution in [3.8, 4) is 0 Å². The second-order valence-electron chi connectivity index (χ2n) is 5.31. The Balaban J connectivity index is 2.26. The maximum Gasteiger partial charge on any atom is 0.222 e. The number of carbonyl (C=O) groups is 1. The number of aromatic nitrogens is 3. The number of nitrogens with zero attached hydrogens (tertiary/aromatic N) is 3. The van der Waals surface area contributed by atoms with E-state index >= 15 is 0 Å². The topological polar surface area (TPSA) is 71.8 Å². The minimum atomic E-state index is -0.00264. The minimum Gasteiger partial charge on any atom is -0.350 e. The summed E-state index contributed by atoms with van der Waals surface area (Å²) in [5, 5.41) is 14.3. The molecular formula is C13H25N5O. The summed E-state index contributed by atoms with van der Waals surface area (Å²) in [5.74, 6) is 0.0350. The van der Waals surface area contributed by atoms with Crippen molar-refractivity contribution in [3.63, 3.8) is 0 Å². The number of nitrogens with one attached hydrogen (secondary N) is 2. The van der Waals surface area contributed by atoms with Gasteiger partial charge in [0.15, 0.2) is 0 Å². The highest BCUT2D eigenvalue weighted by Gasteiger charge is 2.07. The summed E-state index contributed by atoms with van der Waals surface area (Å²) in [5.41, 5.74) is 0.797. The van der Waals surface area contributed by atoms with E-state index in [0.29, 0.717) is 12.6 Å². The first-order valence-corrected chi connectivity index (χ1v) is 6.89. The maximum atomic E-state index is 11.4. The van der Waals surface area contributed by atoms with Crippen LogP contribution < -0.4 is 10.6 Å². The van der Waals surface area contributed by atoms with Crippen molar-refractivity contribution in [1.82, 2.24) is 25.6 Å². The van der Waals surface area contributed by atoms with Crippen LogP contribution in [0.5, 0.6) is 0 Å². The molecular weight excluding hydrogens is 242 g/mol. The van der Waals surface area contributed by atoms with E-state index in [1.54, 1.807) is 0 Å². The maximum absolute atomic E-state index is 11.4. The van der Waals surface area contributed by atoms with Crippen LogP contribution in [0, 0.1) is 5.92 Å². The molecule has 0 saturated heterocycles. The van der Waals surface area contributed by atoms with Crippen molar-refractivity contribution in [2.75, 3.05) is 6.54 Å². The molecule has 6 heteroatoms. The number of hydrogen-bond donors (Lipinski definition) is 2. The van der Waals surface area contributed by atoms with Gasteiger partial charge in [-0.05, 0) is 13.0 Å². The van der Waals surface area contributed by atoms with Gasteiger partial charge in [0, 0.05) is 18.5 Å². The summed E-state index contributed by atoms with van der Waals surface area (Å²) in [7, 11) is 0. The van der Waals surface area contributed by atoms with E-state index in [2.05, 4.69) is 34.8 Å². The van der Waals surface area contributed by atoms with Gasteiger partial charge < -0.3 is 10.6 Å². The molecule has 0 fully saturated rings. The summed E-state index contributed by atoms with van der Waals surface area (Å²) in [6, 6.07) is 0.512. The summed E-state index contributed by atoms with van der Waals surface area (Å²) in [4.78, 5) is 11.4. The third kappa shape index (κ3) is 6.33. The molecule has 0 radical (unpaired) electrons. The number of rotatable bonds is 8. The summed E-state index contributed by atoms with van der Waals surface area (Å²) in [6.45, 7) is 10.3. The van der Waals surface area contributed by atoms with Crippen LogP contribution >= 0.6 is 0 Å². The molecule has 1 amide bonds. The molecule has 0 spiro atoms. The SMILES string of the molecule is CC(C)NCCCn1cc(CNC(=O)C(C)C)nn1. The van der Waals surface area contributed by atoms with Crippen LogP contribution in [-0.2, 0) is 17.9 Å². The standard InChI is InChI=1S/C13H25N5O/c1-10(2)13(19)15-8-12-9-18(17-16-12)7-5-6-14-11(3)4/h9-11,14H,5-8H2,1-4H3,(H,15,19). The lowest BCUT2D eigenvalue weighted by atomic mass is 10.2. The van der Waals surface area contributed by atoms with Crippen molar-refractivity contribution in [2.24, 2.45) is 5.92 Å². The summed E-state index contributed by atoms with van der Waals surface area (Å²) >= 11 is 0. The molecule has 0 saturated carbocycles. The average molecular weight is 267 g/mol. The molecule has 2 N–H and O–H groups in total. The van der Waals surface area contributed by atoms with E-state index in [1.807, 2.05) is 24.7 Å². The largest absolute Gasteiger partial charge is 0.350 e. The molecule has 0 aromatic carbocycles. The predicted molar refractivity (Wildman–Crippen MR) is 74.5 cm³/mol. The van der Waals surface area contributed by atoms with Gasteiger partial charge in [0.05, 0.1) is 12.7 Å². The first-order valence-electron chi connectivity index (χ1n) is 6.89. The molecule has 1 rings (SSSR count). The molecule has 1 aromatic heterocycles. The molecule has 1 aromatic rings.